The van der Waals surface area contributed by atoms with Gasteiger partial charge in [0, 0.05) is 5.56 Å². The van der Waals surface area contributed by atoms with Gasteiger partial charge in [0.15, 0.2) is 5.82 Å². The summed E-state index contributed by atoms with van der Waals surface area (Å²) in [5.74, 6) is 0.747. The van der Waals surface area contributed by atoms with Crippen molar-refractivity contribution in [1.82, 2.24) is 19.8 Å². The van der Waals surface area contributed by atoms with Gasteiger partial charge in [-0.25, -0.2) is 0 Å². The first-order valence-electron chi connectivity index (χ1n) is 4.51. The zero-order valence-electron chi connectivity index (χ0n) is 8.03. The summed E-state index contributed by atoms with van der Waals surface area (Å²) in [6.07, 6.45) is 0. The Morgan fingerprint density at radius 1 is 1.31 bits per heavy atom. The highest BCUT2D eigenvalue weighted by Crippen LogP contribution is 2.24. The molecule has 0 aliphatic carbocycles. The first-order chi connectivity index (χ1) is 7.74. The Hall–Kier alpha value is -2.15. The topological polar surface area (TPSA) is 89.3 Å². The molecule has 3 rings (SSSR count). The number of fused-ring (bicyclic) bond motifs is 1. The van der Waals surface area contributed by atoms with Crippen molar-refractivity contribution in [3.8, 4) is 17.1 Å². The maximum Gasteiger partial charge on any atom is 0.236 e. The molecule has 0 unspecified atom stereocenters. The van der Waals surface area contributed by atoms with E-state index < -0.39 is 0 Å². The molecule has 16 heavy (non-hydrogen) atoms. The number of hydrogen-bond donors (Lipinski definition) is 2. The lowest BCUT2D eigenvalue weighted by Gasteiger charge is -1.97. The number of hydrogen-bond acceptors (Lipinski definition) is 6. The van der Waals surface area contributed by atoms with Gasteiger partial charge in [-0.1, -0.05) is 23.5 Å². The minimum absolute atomic E-state index is 0.178. The maximum absolute atomic E-state index is 9.39. The predicted molar refractivity (Wildman–Crippen MR) is 60.2 cm³/mol. The number of nitrogens with zero attached hydrogens (tertiary/aromatic N) is 4. The zero-order valence-corrected chi connectivity index (χ0v) is 8.85. The zero-order chi connectivity index (χ0) is 11.1. The van der Waals surface area contributed by atoms with E-state index in [0.717, 1.165) is 5.56 Å². The van der Waals surface area contributed by atoms with Gasteiger partial charge in [-0.2, -0.15) is 4.52 Å². The van der Waals surface area contributed by atoms with Gasteiger partial charge in [0.2, 0.25) is 10.1 Å². The lowest BCUT2D eigenvalue weighted by Crippen LogP contribution is -1.92. The number of benzene rings is 1. The second-order valence-corrected chi connectivity index (χ2v) is 4.20. The highest BCUT2D eigenvalue weighted by molar-refractivity contribution is 7.20. The SMILES string of the molecule is Nc1nn2c(-c3cccc(O)c3)nnc2s1. The van der Waals surface area contributed by atoms with Crippen LogP contribution in [0.4, 0.5) is 5.13 Å². The van der Waals surface area contributed by atoms with Gasteiger partial charge in [0.25, 0.3) is 0 Å². The molecule has 0 saturated heterocycles. The number of aromatic nitrogens is 4. The summed E-state index contributed by atoms with van der Waals surface area (Å²) in [7, 11) is 0. The molecule has 3 aromatic rings. The molecular weight excluding hydrogens is 226 g/mol. The number of nitrogen functional groups attached to an aromatic ring is 1. The monoisotopic (exact) mass is 233 g/mol. The van der Waals surface area contributed by atoms with Gasteiger partial charge < -0.3 is 10.8 Å². The number of anilines is 1. The van der Waals surface area contributed by atoms with Gasteiger partial charge in [-0.05, 0) is 12.1 Å². The van der Waals surface area contributed by atoms with Crippen molar-refractivity contribution < 1.29 is 5.11 Å². The van der Waals surface area contributed by atoms with Crippen LogP contribution in [0.25, 0.3) is 16.3 Å². The molecule has 0 amide bonds. The third-order valence-electron chi connectivity index (χ3n) is 2.11. The highest BCUT2D eigenvalue weighted by atomic mass is 32.1. The molecular formula is C9H7N5OS. The fraction of sp³-hybridized carbons (Fsp3) is 0. The third-order valence-corrected chi connectivity index (χ3v) is 2.84. The second-order valence-electron chi connectivity index (χ2n) is 3.21. The minimum atomic E-state index is 0.178. The van der Waals surface area contributed by atoms with E-state index in [2.05, 4.69) is 15.3 Å². The highest BCUT2D eigenvalue weighted by Gasteiger charge is 2.12. The Kier molecular flexibility index (Phi) is 1.80. The quantitative estimate of drug-likeness (QED) is 0.658. The molecule has 0 bridgehead atoms. The summed E-state index contributed by atoms with van der Waals surface area (Å²) in [4.78, 5) is 0.635. The van der Waals surface area contributed by atoms with Crippen molar-refractivity contribution in [3.05, 3.63) is 24.3 Å². The Morgan fingerprint density at radius 2 is 2.19 bits per heavy atom. The van der Waals surface area contributed by atoms with Crippen LogP contribution in [0.1, 0.15) is 0 Å². The average molecular weight is 233 g/mol. The number of rotatable bonds is 1. The van der Waals surface area contributed by atoms with Crippen molar-refractivity contribution in [2.75, 3.05) is 5.73 Å². The van der Waals surface area contributed by atoms with Gasteiger partial charge >= 0.3 is 0 Å². The molecule has 0 aliphatic heterocycles. The molecule has 6 nitrogen and oxygen atoms in total. The standard InChI is InChI=1S/C9H7N5OS/c10-8-13-14-7(11-12-9(14)16-8)5-2-1-3-6(15)4-5/h1-4,15H,(H2,10,13). The summed E-state index contributed by atoms with van der Waals surface area (Å²) in [6, 6.07) is 6.76. The third kappa shape index (κ3) is 1.29. The summed E-state index contributed by atoms with van der Waals surface area (Å²) in [5, 5.41) is 21.9. The Morgan fingerprint density at radius 3 is 3.00 bits per heavy atom. The minimum Gasteiger partial charge on any atom is -0.508 e. The van der Waals surface area contributed by atoms with Crippen LogP contribution in [0.2, 0.25) is 0 Å². The first kappa shape index (κ1) is 9.10. The van der Waals surface area contributed by atoms with Crippen LogP contribution in [-0.4, -0.2) is 24.9 Å². The van der Waals surface area contributed by atoms with Crippen LogP contribution < -0.4 is 5.73 Å². The molecule has 0 aliphatic rings. The van der Waals surface area contributed by atoms with E-state index >= 15 is 0 Å². The van der Waals surface area contributed by atoms with E-state index in [1.54, 1.807) is 22.7 Å². The maximum atomic E-state index is 9.39. The van der Waals surface area contributed by atoms with E-state index in [-0.39, 0.29) is 5.75 Å². The lowest BCUT2D eigenvalue weighted by atomic mass is 10.2. The van der Waals surface area contributed by atoms with Crippen molar-refractivity contribution in [2.24, 2.45) is 0 Å². The van der Waals surface area contributed by atoms with Crippen LogP contribution >= 0.6 is 11.3 Å². The summed E-state index contributed by atoms with van der Waals surface area (Å²) >= 11 is 1.27. The van der Waals surface area contributed by atoms with E-state index in [1.165, 1.54) is 11.3 Å². The van der Waals surface area contributed by atoms with Crippen LogP contribution in [0.15, 0.2) is 24.3 Å². The Bertz CT molecular complexity index is 659. The number of phenols is 1. The smallest absolute Gasteiger partial charge is 0.236 e. The van der Waals surface area contributed by atoms with Crippen LogP contribution in [0.3, 0.4) is 0 Å². The molecule has 0 fully saturated rings. The van der Waals surface area contributed by atoms with Gasteiger partial charge in [0.1, 0.15) is 5.75 Å². The first-order valence-corrected chi connectivity index (χ1v) is 5.33. The van der Waals surface area contributed by atoms with Crippen LogP contribution in [0.5, 0.6) is 5.75 Å². The number of aromatic hydroxyl groups is 1. The normalized spacial score (nSPS) is 11.0. The molecule has 80 valence electrons. The molecule has 0 saturated carbocycles. The van der Waals surface area contributed by atoms with Crippen molar-refractivity contribution >= 4 is 21.4 Å². The second kappa shape index (κ2) is 3.17. The van der Waals surface area contributed by atoms with Gasteiger partial charge in [-0.3, -0.25) is 0 Å². The van der Waals surface area contributed by atoms with Gasteiger partial charge in [0.05, 0.1) is 0 Å². The lowest BCUT2D eigenvalue weighted by molar-refractivity contribution is 0.475. The van der Waals surface area contributed by atoms with Crippen molar-refractivity contribution in [3.63, 3.8) is 0 Å². The van der Waals surface area contributed by atoms with Crippen LogP contribution in [-0.2, 0) is 0 Å². The van der Waals surface area contributed by atoms with E-state index in [4.69, 9.17) is 5.73 Å². The van der Waals surface area contributed by atoms with E-state index in [0.29, 0.717) is 15.9 Å². The largest absolute Gasteiger partial charge is 0.508 e. The molecule has 0 atom stereocenters. The molecule has 0 spiro atoms. The van der Waals surface area contributed by atoms with Crippen LogP contribution in [0, 0.1) is 0 Å². The number of phenolic OH excluding ortho intramolecular Hbond substituents is 1. The summed E-state index contributed by atoms with van der Waals surface area (Å²) in [6.45, 7) is 0. The molecule has 3 N–H and O–H groups in total. The fourth-order valence-corrected chi connectivity index (χ4v) is 2.06. The predicted octanol–water partition coefficient (Wildman–Crippen LogP) is 1.14. The van der Waals surface area contributed by atoms with Crippen molar-refractivity contribution in [2.45, 2.75) is 0 Å². The molecule has 2 heterocycles. The number of nitrogens with two attached hydrogens (primary N) is 1. The Balaban J connectivity index is 2.25. The van der Waals surface area contributed by atoms with E-state index in [1.807, 2.05) is 6.07 Å². The average Bonchev–Trinajstić information content (AvgIpc) is 2.76. The Labute approximate surface area is 94.0 Å². The van der Waals surface area contributed by atoms with Crippen molar-refractivity contribution in [1.29, 1.82) is 0 Å². The van der Waals surface area contributed by atoms with Gasteiger partial charge in [-0.15, -0.1) is 15.3 Å². The summed E-state index contributed by atoms with van der Waals surface area (Å²) in [5.41, 5.74) is 6.33. The molecule has 0 radical (unpaired) electrons. The fourth-order valence-electron chi connectivity index (χ4n) is 1.46. The summed E-state index contributed by atoms with van der Waals surface area (Å²) < 4.78 is 1.56. The molecule has 2 aromatic heterocycles. The molecule has 1 aromatic carbocycles. The molecule has 7 heteroatoms. The van der Waals surface area contributed by atoms with E-state index in [9.17, 15) is 5.11 Å².